The van der Waals surface area contributed by atoms with Gasteiger partial charge < -0.3 is 9.64 Å². The highest BCUT2D eigenvalue weighted by molar-refractivity contribution is 6.14. The Morgan fingerprint density at radius 1 is 1.25 bits per heavy atom. The summed E-state index contributed by atoms with van der Waals surface area (Å²) in [5.74, 6) is -0.0676. The number of carbonyl (C=O) groups is 2. The van der Waals surface area contributed by atoms with Gasteiger partial charge in [0.1, 0.15) is 11.5 Å². The van der Waals surface area contributed by atoms with Crippen molar-refractivity contribution >= 4 is 17.4 Å². The van der Waals surface area contributed by atoms with E-state index in [2.05, 4.69) is 4.74 Å². The Morgan fingerprint density at radius 2 is 1.90 bits per heavy atom. The van der Waals surface area contributed by atoms with E-state index in [1.807, 2.05) is 49.3 Å². The van der Waals surface area contributed by atoms with Gasteiger partial charge in [-0.25, -0.2) is 4.79 Å². The van der Waals surface area contributed by atoms with E-state index in [1.54, 1.807) is 4.90 Å². The van der Waals surface area contributed by atoms with Gasteiger partial charge in [-0.3, -0.25) is 9.69 Å². The van der Waals surface area contributed by atoms with Crippen LogP contribution in [0.4, 0.5) is 5.69 Å². The van der Waals surface area contributed by atoms with Crippen LogP contribution in [-0.2, 0) is 14.3 Å². The Morgan fingerprint density at radius 3 is 2.45 bits per heavy atom. The summed E-state index contributed by atoms with van der Waals surface area (Å²) >= 11 is 0. The number of carbonyl (C=O) groups excluding carboxylic acids is 2. The number of rotatable bonds is 3. The van der Waals surface area contributed by atoms with E-state index in [0.29, 0.717) is 5.82 Å². The standard InChI is InChI=1S/C15H16N2O3/c1-16(2)14-10-13(18)12(9-15(19)20-3)17(14)11-7-5-4-6-8-11/h4-10H,1-3H3/b12-9-. The van der Waals surface area contributed by atoms with Crippen LogP contribution in [0, 0.1) is 0 Å². The second-order valence-electron chi connectivity index (χ2n) is 4.48. The fourth-order valence-corrected chi connectivity index (χ4v) is 1.97. The Hall–Kier alpha value is -2.56. The van der Waals surface area contributed by atoms with Crippen LogP contribution in [-0.4, -0.2) is 37.9 Å². The average molecular weight is 272 g/mol. The van der Waals surface area contributed by atoms with Crippen LogP contribution in [0.5, 0.6) is 0 Å². The highest BCUT2D eigenvalue weighted by Crippen LogP contribution is 2.30. The molecule has 0 bridgehead atoms. The number of hydrogen-bond donors (Lipinski definition) is 0. The first-order chi connectivity index (χ1) is 9.54. The first kappa shape index (κ1) is 13.9. The molecule has 0 atom stereocenters. The number of methoxy groups -OCH3 is 1. The van der Waals surface area contributed by atoms with Crippen molar-refractivity contribution in [3.8, 4) is 0 Å². The van der Waals surface area contributed by atoms with E-state index >= 15 is 0 Å². The molecule has 0 saturated carbocycles. The molecule has 0 aromatic heterocycles. The van der Waals surface area contributed by atoms with E-state index in [0.717, 1.165) is 5.69 Å². The molecule has 0 spiro atoms. The lowest BCUT2D eigenvalue weighted by Gasteiger charge is -2.27. The third-order valence-corrected chi connectivity index (χ3v) is 2.91. The maximum absolute atomic E-state index is 12.1. The first-order valence-electron chi connectivity index (χ1n) is 6.12. The molecule has 1 heterocycles. The fraction of sp³-hybridized carbons (Fsp3) is 0.200. The molecule has 0 saturated heterocycles. The molecule has 104 valence electrons. The summed E-state index contributed by atoms with van der Waals surface area (Å²) < 4.78 is 4.61. The smallest absolute Gasteiger partial charge is 0.332 e. The largest absolute Gasteiger partial charge is 0.466 e. The van der Waals surface area contributed by atoms with Crippen LogP contribution in [0.25, 0.3) is 0 Å². The van der Waals surface area contributed by atoms with Crippen molar-refractivity contribution in [2.45, 2.75) is 0 Å². The SMILES string of the molecule is COC(=O)/C=C1/C(=O)C=C(N(C)C)N1c1ccccc1. The number of ketones is 1. The summed E-state index contributed by atoms with van der Waals surface area (Å²) in [5.41, 5.74) is 1.10. The number of para-hydroxylation sites is 1. The average Bonchev–Trinajstić information content (AvgIpc) is 2.77. The maximum Gasteiger partial charge on any atom is 0.332 e. The van der Waals surface area contributed by atoms with Crippen LogP contribution in [0.3, 0.4) is 0 Å². The molecule has 0 aliphatic carbocycles. The van der Waals surface area contributed by atoms with Crippen molar-refractivity contribution in [3.63, 3.8) is 0 Å². The van der Waals surface area contributed by atoms with Crippen molar-refractivity contribution in [1.82, 2.24) is 4.90 Å². The molecule has 5 nitrogen and oxygen atoms in total. The van der Waals surface area contributed by atoms with Gasteiger partial charge in [-0.05, 0) is 12.1 Å². The van der Waals surface area contributed by atoms with Gasteiger partial charge >= 0.3 is 5.97 Å². The molecule has 2 rings (SSSR count). The Labute approximate surface area is 117 Å². The van der Waals surface area contributed by atoms with E-state index in [1.165, 1.54) is 19.3 Å². The summed E-state index contributed by atoms with van der Waals surface area (Å²) in [7, 11) is 4.97. The van der Waals surface area contributed by atoms with E-state index < -0.39 is 5.97 Å². The lowest BCUT2D eigenvalue weighted by molar-refractivity contribution is -0.135. The highest BCUT2D eigenvalue weighted by Gasteiger charge is 2.30. The minimum atomic E-state index is -0.553. The fourth-order valence-electron chi connectivity index (χ4n) is 1.97. The minimum absolute atomic E-state index is 0.219. The van der Waals surface area contributed by atoms with Gasteiger partial charge in [-0.2, -0.15) is 0 Å². The van der Waals surface area contributed by atoms with E-state index in [-0.39, 0.29) is 11.5 Å². The monoisotopic (exact) mass is 272 g/mol. The third-order valence-electron chi connectivity index (χ3n) is 2.91. The molecule has 1 aromatic rings. The molecule has 1 aliphatic heterocycles. The molecule has 0 amide bonds. The molecule has 5 heteroatoms. The van der Waals surface area contributed by atoms with Gasteiger partial charge in [-0.1, -0.05) is 18.2 Å². The highest BCUT2D eigenvalue weighted by atomic mass is 16.5. The van der Waals surface area contributed by atoms with Crippen molar-refractivity contribution in [3.05, 3.63) is 54.0 Å². The maximum atomic E-state index is 12.1. The van der Waals surface area contributed by atoms with Gasteiger partial charge in [0.15, 0.2) is 0 Å². The lowest BCUT2D eigenvalue weighted by atomic mass is 10.2. The van der Waals surface area contributed by atoms with Crippen LogP contribution in [0.1, 0.15) is 0 Å². The number of allylic oxidation sites excluding steroid dienone is 1. The third kappa shape index (κ3) is 2.56. The molecule has 0 radical (unpaired) electrons. The topological polar surface area (TPSA) is 49.9 Å². The molecule has 0 N–H and O–H groups in total. The van der Waals surface area contributed by atoms with Gasteiger partial charge in [0.25, 0.3) is 0 Å². The number of ether oxygens (including phenoxy) is 1. The predicted octanol–water partition coefficient (Wildman–Crippen LogP) is 1.54. The van der Waals surface area contributed by atoms with Crippen LogP contribution in [0.15, 0.2) is 54.0 Å². The summed E-state index contributed by atoms with van der Waals surface area (Å²) in [5, 5.41) is 0. The first-order valence-corrected chi connectivity index (χ1v) is 6.12. The van der Waals surface area contributed by atoms with Gasteiger partial charge in [0.05, 0.1) is 13.2 Å². The molecule has 20 heavy (non-hydrogen) atoms. The van der Waals surface area contributed by atoms with Crippen LogP contribution >= 0.6 is 0 Å². The molecular weight excluding hydrogens is 256 g/mol. The summed E-state index contributed by atoms with van der Waals surface area (Å²) in [4.78, 5) is 27.1. The normalized spacial score (nSPS) is 16.4. The van der Waals surface area contributed by atoms with E-state index in [4.69, 9.17) is 0 Å². The zero-order valence-electron chi connectivity index (χ0n) is 11.7. The van der Waals surface area contributed by atoms with Crippen molar-refractivity contribution in [1.29, 1.82) is 0 Å². The molecule has 1 aliphatic rings. The van der Waals surface area contributed by atoms with Crippen LogP contribution in [0.2, 0.25) is 0 Å². The van der Waals surface area contributed by atoms with E-state index in [9.17, 15) is 9.59 Å². The second-order valence-corrected chi connectivity index (χ2v) is 4.48. The molecule has 0 fully saturated rings. The van der Waals surface area contributed by atoms with Crippen molar-refractivity contribution in [2.24, 2.45) is 0 Å². The van der Waals surface area contributed by atoms with Gasteiger partial charge in [-0.15, -0.1) is 0 Å². The van der Waals surface area contributed by atoms with Gasteiger partial charge in [0.2, 0.25) is 5.78 Å². The number of anilines is 1. The predicted molar refractivity (Wildman–Crippen MR) is 75.8 cm³/mol. The number of hydrogen-bond acceptors (Lipinski definition) is 5. The lowest BCUT2D eigenvalue weighted by Crippen LogP contribution is -2.28. The van der Waals surface area contributed by atoms with Crippen LogP contribution < -0.4 is 4.90 Å². The Balaban J connectivity index is 2.50. The number of benzene rings is 1. The van der Waals surface area contributed by atoms with Crippen molar-refractivity contribution < 1.29 is 14.3 Å². The number of esters is 1. The Bertz CT molecular complexity index is 588. The zero-order chi connectivity index (χ0) is 14.7. The summed E-state index contributed by atoms with van der Waals surface area (Å²) in [6, 6.07) is 9.40. The zero-order valence-corrected chi connectivity index (χ0v) is 11.7. The summed E-state index contributed by atoms with van der Waals surface area (Å²) in [6.07, 6.45) is 2.71. The molecule has 1 aromatic carbocycles. The minimum Gasteiger partial charge on any atom is -0.466 e. The second kappa shape index (κ2) is 5.61. The van der Waals surface area contributed by atoms with Gasteiger partial charge in [0, 0.05) is 25.9 Å². The molecule has 0 unspecified atom stereocenters. The number of nitrogens with zero attached hydrogens (tertiary/aromatic N) is 2. The quantitative estimate of drug-likeness (QED) is 0.617. The molecular formula is C15H16N2O3. The summed E-state index contributed by atoms with van der Waals surface area (Å²) in [6.45, 7) is 0. The van der Waals surface area contributed by atoms with Crippen molar-refractivity contribution in [2.75, 3.05) is 26.1 Å². The Kier molecular flexibility index (Phi) is 3.89.